The van der Waals surface area contributed by atoms with Crippen molar-refractivity contribution >= 4 is 33.4 Å². The van der Waals surface area contributed by atoms with E-state index < -0.39 is 39.8 Å². The molecular weight excluding hydrogens is 430 g/mol. The van der Waals surface area contributed by atoms with Crippen LogP contribution >= 0.6 is 0 Å². The molecule has 8 nitrogen and oxygen atoms in total. The lowest BCUT2D eigenvalue weighted by Gasteiger charge is -2.22. The number of nitrogens with one attached hydrogen (secondary N) is 1. The van der Waals surface area contributed by atoms with Gasteiger partial charge < -0.3 is 5.32 Å². The second-order valence-corrected chi connectivity index (χ2v) is 10.1. The SMILES string of the molecule is CCCc1ccc([C@@]2(C)NC(=O)N(CC(=O)c3ccc(N(C)S(C)(=O)=O)cc3)C2=O)cc1. The summed E-state index contributed by atoms with van der Waals surface area (Å²) in [5.74, 6) is -0.919. The minimum atomic E-state index is -3.43. The first kappa shape index (κ1) is 23.5. The summed E-state index contributed by atoms with van der Waals surface area (Å²) >= 11 is 0. The number of amides is 3. The predicted octanol–water partition coefficient (Wildman–Crippen LogP) is 2.68. The van der Waals surface area contributed by atoms with Crippen molar-refractivity contribution in [2.75, 3.05) is 24.2 Å². The van der Waals surface area contributed by atoms with Crippen molar-refractivity contribution in [2.24, 2.45) is 0 Å². The van der Waals surface area contributed by atoms with Crippen molar-refractivity contribution in [1.29, 1.82) is 0 Å². The van der Waals surface area contributed by atoms with Gasteiger partial charge in [-0.3, -0.25) is 18.8 Å². The van der Waals surface area contributed by atoms with Crippen LogP contribution in [0.25, 0.3) is 0 Å². The van der Waals surface area contributed by atoms with Crippen molar-refractivity contribution < 1.29 is 22.8 Å². The van der Waals surface area contributed by atoms with Gasteiger partial charge in [-0.25, -0.2) is 13.2 Å². The average molecular weight is 458 g/mol. The zero-order valence-electron chi connectivity index (χ0n) is 18.6. The monoisotopic (exact) mass is 457 g/mol. The third-order valence-corrected chi connectivity index (χ3v) is 6.90. The highest BCUT2D eigenvalue weighted by Gasteiger charge is 2.49. The molecular formula is C23H27N3O5S. The van der Waals surface area contributed by atoms with Crippen LogP contribution in [0.15, 0.2) is 48.5 Å². The Morgan fingerprint density at radius 2 is 1.66 bits per heavy atom. The Balaban J connectivity index is 1.75. The van der Waals surface area contributed by atoms with E-state index >= 15 is 0 Å². The molecule has 2 aromatic rings. The Morgan fingerprint density at radius 3 is 2.19 bits per heavy atom. The minimum absolute atomic E-state index is 0.272. The number of imide groups is 1. The number of anilines is 1. The van der Waals surface area contributed by atoms with E-state index in [1.807, 2.05) is 24.3 Å². The van der Waals surface area contributed by atoms with Crippen molar-refractivity contribution in [2.45, 2.75) is 32.2 Å². The number of nitrogens with zero attached hydrogens (tertiary/aromatic N) is 2. The lowest BCUT2D eigenvalue weighted by atomic mass is 9.91. The van der Waals surface area contributed by atoms with Crippen LogP contribution in [-0.2, 0) is 26.8 Å². The lowest BCUT2D eigenvalue weighted by molar-refractivity contribution is -0.130. The quantitative estimate of drug-likeness (QED) is 0.485. The van der Waals surface area contributed by atoms with Crippen LogP contribution in [0.4, 0.5) is 10.5 Å². The molecule has 170 valence electrons. The fourth-order valence-corrected chi connectivity index (χ4v) is 4.12. The molecule has 1 heterocycles. The number of aryl methyl sites for hydroxylation is 1. The Kier molecular flexibility index (Phi) is 6.41. The summed E-state index contributed by atoms with van der Waals surface area (Å²) in [6.45, 7) is 3.31. The van der Waals surface area contributed by atoms with E-state index in [0.29, 0.717) is 11.3 Å². The zero-order chi connectivity index (χ0) is 23.7. The first-order chi connectivity index (χ1) is 15.0. The summed E-state index contributed by atoms with van der Waals surface area (Å²) in [6, 6.07) is 12.9. The van der Waals surface area contributed by atoms with Gasteiger partial charge in [-0.1, -0.05) is 37.6 Å². The van der Waals surface area contributed by atoms with Crippen LogP contribution in [0.3, 0.4) is 0 Å². The molecule has 1 atom stereocenters. The molecule has 0 spiro atoms. The van der Waals surface area contributed by atoms with Crippen LogP contribution in [0.5, 0.6) is 0 Å². The number of hydrogen-bond donors (Lipinski definition) is 1. The van der Waals surface area contributed by atoms with E-state index in [1.54, 1.807) is 6.92 Å². The molecule has 2 aromatic carbocycles. The largest absolute Gasteiger partial charge is 0.325 e. The predicted molar refractivity (Wildman–Crippen MR) is 122 cm³/mol. The maximum atomic E-state index is 13.1. The highest BCUT2D eigenvalue weighted by Crippen LogP contribution is 2.29. The van der Waals surface area contributed by atoms with E-state index in [2.05, 4.69) is 12.2 Å². The molecule has 0 unspecified atom stereocenters. The molecule has 0 bridgehead atoms. The maximum absolute atomic E-state index is 13.1. The summed E-state index contributed by atoms with van der Waals surface area (Å²) in [6.07, 6.45) is 3.02. The Bertz CT molecular complexity index is 1140. The Hall–Kier alpha value is -3.20. The molecule has 0 radical (unpaired) electrons. The Morgan fingerprint density at radius 1 is 1.06 bits per heavy atom. The van der Waals surface area contributed by atoms with Crippen LogP contribution in [0, 0.1) is 0 Å². The summed E-state index contributed by atoms with van der Waals surface area (Å²) in [5.41, 5.74) is 1.23. The number of hydrogen-bond acceptors (Lipinski definition) is 5. The number of carbonyl (C=O) groups excluding carboxylic acids is 3. The smallest absolute Gasteiger partial charge is 0.319 e. The van der Waals surface area contributed by atoms with Gasteiger partial charge in [0.05, 0.1) is 18.5 Å². The topological polar surface area (TPSA) is 104 Å². The lowest BCUT2D eigenvalue weighted by Crippen LogP contribution is -2.41. The van der Waals surface area contributed by atoms with Gasteiger partial charge in [0.2, 0.25) is 10.0 Å². The maximum Gasteiger partial charge on any atom is 0.325 e. The average Bonchev–Trinajstić information content (AvgIpc) is 2.97. The number of rotatable bonds is 8. The second-order valence-electron chi connectivity index (χ2n) is 8.09. The van der Waals surface area contributed by atoms with Crippen LogP contribution in [0.2, 0.25) is 0 Å². The van der Waals surface area contributed by atoms with Gasteiger partial charge in [-0.15, -0.1) is 0 Å². The highest BCUT2D eigenvalue weighted by molar-refractivity contribution is 7.92. The van der Waals surface area contributed by atoms with Gasteiger partial charge in [-0.2, -0.15) is 0 Å². The van der Waals surface area contributed by atoms with Gasteiger partial charge >= 0.3 is 6.03 Å². The van der Waals surface area contributed by atoms with E-state index in [0.717, 1.165) is 33.9 Å². The van der Waals surface area contributed by atoms with Gasteiger partial charge in [-0.05, 0) is 48.7 Å². The Labute approximate surface area is 188 Å². The molecule has 0 aromatic heterocycles. The summed E-state index contributed by atoms with van der Waals surface area (Å²) in [7, 11) is -2.01. The van der Waals surface area contributed by atoms with E-state index in [1.165, 1.54) is 31.3 Å². The molecule has 1 saturated heterocycles. The number of Topliss-reactive ketones (excluding diaryl/α,β-unsaturated/α-hetero) is 1. The number of carbonyl (C=O) groups is 3. The highest BCUT2D eigenvalue weighted by atomic mass is 32.2. The van der Waals surface area contributed by atoms with Gasteiger partial charge in [0.25, 0.3) is 5.91 Å². The summed E-state index contributed by atoms with van der Waals surface area (Å²) in [4.78, 5) is 39.3. The van der Waals surface area contributed by atoms with Crippen LogP contribution < -0.4 is 9.62 Å². The van der Waals surface area contributed by atoms with Crippen molar-refractivity contribution in [3.8, 4) is 0 Å². The zero-order valence-corrected chi connectivity index (χ0v) is 19.4. The van der Waals surface area contributed by atoms with Gasteiger partial charge in [0.15, 0.2) is 5.78 Å². The van der Waals surface area contributed by atoms with Gasteiger partial charge in [0, 0.05) is 12.6 Å². The van der Waals surface area contributed by atoms with E-state index in [4.69, 9.17) is 0 Å². The summed E-state index contributed by atoms with van der Waals surface area (Å²) in [5, 5.41) is 2.71. The fourth-order valence-electron chi connectivity index (χ4n) is 3.61. The van der Waals surface area contributed by atoms with Crippen molar-refractivity contribution in [3.63, 3.8) is 0 Å². The molecule has 0 aliphatic carbocycles. The molecule has 1 aliphatic heterocycles. The molecule has 1 fully saturated rings. The first-order valence-electron chi connectivity index (χ1n) is 10.3. The molecule has 9 heteroatoms. The molecule has 0 saturated carbocycles. The number of sulfonamides is 1. The van der Waals surface area contributed by atoms with Crippen molar-refractivity contribution in [1.82, 2.24) is 10.2 Å². The van der Waals surface area contributed by atoms with E-state index in [-0.39, 0.29) is 5.56 Å². The number of benzene rings is 2. The standard InChI is InChI=1S/C23H27N3O5S/c1-5-6-16-7-11-18(12-8-16)23(2)21(28)26(22(29)24-23)15-20(27)17-9-13-19(14-10-17)25(3)32(4,30)31/h7-14H,5-6,15H2,1-4H3,(H,24,29)/t23-/m1/s1. The third-order valence-electron chi connectivity index (χ3n) is 5.70. The second kappa shape index (κ2) is 8.74. The molecule has 1 aliphatic rings. The minimum Gasteiger partial charge on any atom is -0.319 e. The molecule has 3 amide bonds. The fraction of sp³-hybridized carbons (Fsp3) is 0.348. The van der Waals surface area contributed by atoms with Crippen LogP contribution in [-0.4, -0.2) is 50.9 Å². The normalized spacial score (nSPS) is 18.6. The molecule has 32 heavy (non-hydrogen) atoms. The van der Waals surface area contributed by atoms with Crippen LogP contribution in [0.1, 0.15) is 41.8 Å². The molecule has 1 N–H and O–H groups in total. The number of ketones is 1. The summed E-state index contributed by atoms with van der Waals surface area (Å²) < 4.78 is 24.4. The number of urea groups is 1. The first-order valence-corrected chi connectivity index (χ1v) is 12.1. The van der Waals surface area contributed by atoms with Gasteiger partial charge in [0.1, 0.15) is 5.54 Å². The van der Waals surface area contributed by atoms with E-state index in [9.17, 15) is 22.8 Å². The van der Waals surface area contributed by atoms with Crippen molar-refractivity contribution in [3.05, 3.63) is 65.2 Å². The molecule has 3 rings (SSSR count). The third kappa shape index (κ3) is 4.52.